The Balaban J connectivity index is 2.37. The highest BCUT2D eigenvalue weighted by molar-refractivity contribution is 5.71. The van der Waals surface area contributed by atoms with E-state index in [0.717, 1.165) is 12.8 Å². The van der Waals surface area contributed by atoms with E-state index in [4.69, 9.17) is 10.8 Å². The van der Waals surface area contributed by atoms with Gasteiger partial charge in [-0.1, -0.05) is 0 Å². The van der Waals surface area contributed by atoms with E-state index < -0.39 is 5.97 Å². The molecule has 0 saturated heterocycles. The molecule has 0 spiro atoms. The number of rotatable bonds is 3. The lowest BCUT2D eigenvalue weighted by molar-refractivity contribution is -0.142. The fourth-order valence-corrected chi connectivity index (χ4v) is 0.993. The van der Waals surface area contributed by atoms with E-state index >= 15 is 0 Å². The van der Waals surface area contributed by atoms with Crippen LogP contribution in [0, 0.1) is 11.8 Å². The number of carboxylic acids is 1. The van der Waals surface area contributed by atoms with Gasteiger partial charge in [0.1, 0.15) is 0 Å². The number of carboxylic acid groups (broad SMARTS) is 1. The topological polar surface area (TPSA) is 63.3 Å². The summed E-state index contributed by atoms with van der Waals surface area (Å²) in [6.45, 7) is 0.292. The first kappa shape index (κ1) is 6.55. The molecule has 1 rings (SSSR count). The minimum atomic E-state index is -0.736. The summed E-state index contributed by atoms with van der Waals surface area (Å²) in [6.07, 6.45) is 2.10. The quantitative estimate of drug-likeness (QED) is 0.566. The molecule has 0 bridgehead atoms. The molecule has 1 saturated carbocycles. The number of hydrogen-bond acceptors (Lipinski definition) is 2. The van der Waals surface area contributed by atoms with E-state index in [1.165, 1.54) is 0 Å². The maximum absolute atomic E-state index is 10.3. The van der Waals surface area contributed by atoms with Crippen molar-refractivity contribution in [2.45, 2.75) is 12.8 Å². The standard InChI is InChI=1S/C6H11NO2/c7-3-5(6(8)9)4-1-2-4/h4-5H,1-3,7H2,(H,8,9). The lowest BCUT2D eigenvalue weighted by atomic mass is 10.1. The first-order valence-corrected chi connectivity index (χ1v) is 3.18. The molecule has 0 radical (unpaired) electrons. The van der Waals surface area contributed by atoms with Crippen LogP contribution in [0.2, 0.25) is 0 Å². The van der Waals surface area contributed by atoms with Crippen LogP contribution in [0.3, 0.4) is 0 Å². The maximum atomic E-state index is 10.3. The van der Waals surface area contributed by atoms with Crippen molar-refractivity contribution >= 4 is 5.97 Å². The van der Waals surface area contributed by atoms with Gasteiger partial charge >= 0.3 is 5.97 Å². The number of carbonyl (C=O) groups is 1. The van der Waals surface area contributed by atoms with Crippen LogP contribution in [0.25, 0.3) is 0 Å². The summed E-state index contributed by atoms with van der Waals surface area (Å²) in [7, 11) is 0. The van der Waals surface area contributed by atoms with Gasteiger partial charge in [0.2, 0.25) is 0 Å². The third-order valence-electron chi connectivity index (χ3n) is 1.76. The monoisotopic (exact) mass is 129 g/mol. The highest BCUT2D eigenvalue weighted by Gasteiger charge is 2.34. The molecule has 0 amide bonds. The molecule has 0 aliphatic heterocycles. The fourth-order valence-electron chi connectivity index (χ4n) is 0.993. The van der Waals surface area contributed by atoms with Gasteiger partial charge in [-0.05, 0) is 18.8 Å². The smallest absolute Gasteiger partial charge is 0.308 e. The van der Waals surface area contributed by atoms with Crippen LogP contribution in [0.5, 0.6) is 0 Å². The van der Waals surface area contributed by atoms with Gasteiger partial charge in [0, 0.05) is 6.54 Å². The lowest BCUT2D eigenvalue weighted by Gasteiger charge is -2.04. The molecule has 1 unspecified atom stereocenters. The molecule has 52 valence electrons. The molecule has 9 heavy (non-hydrogen) atoms. The second kappa shape index (κ2) is 2.35. The third kappa shape index (κ3) is 1.42. The van der Waals surface area contributed by atoms with Crippen molar-refractivity contribution in [1.82, 2.24) is 0 Å². The molecule has 3 N–H and O–H groups in total. The average Bonchev–Trinajstić information content (AvgIpc) is 2.50. The molecule has 0 aromatic rings. The highest BCUT2D eigenvalue weighted by atomic mass is 16.4. The predicted molar refractivity (Wildman–Crippen MR) is 32.9 cm³/mol. The second-order valence-corrected chi connectivity index (χ2v) is 2.52. The lowest BCUT2D eigenvalue weighted by Crippen LogP contribution is -2.24. The molecule has 1 aliphatic rings. The summed E-state index contributed by atoms with van der Waals surface area (Å²) in [5, 5.41) is 8.50. The van der Waals surface area contributed by atoms with Gasteiger partial charge in [0.25, 0.3) is 0 Å². The molecule has 1 fully saturated rings. The van der Waals surface area contributed by atoms with Gasteiger partial charge in [0.15, 0.2) is 0 Å². The van der Waals surface area contributed by atoms with Gasteiger partial charge in [-0.2, -0.15) is 0 Å². The van der Waals surface area contributed by atoms with Crippen molar-refractivity contribution in [3.8, 4) is 0 Å². The first-order chi connectivity index (χ1) is 4.25. The summed E-state index contributed by atoms with van der Waals surface area (Å²) < 4.78 is 0. The van der Waals surface area contributed by atoms with E-state index in [-0.39, 0.29) is 5.92 Å². The maximum Gasteiger partial charge on any atom is 0.308 e. The third-order valence-corrected chi connectivity index (χ3v) is 1.76. The van der Waals surface area contributed by atoms with Crippen LogP contribution in [-0.4, -0.2) is 17.6 Å². The summed E-state index contributed by atoms with van der Waals surface area (Å²) in [5.41, 5.74) is 5.23. The van der Waals surface area contributed by atoms with Crippen molar-refractivity contribution in [3.63, 3.8) is 0 Å². The SMILES string of the molecule is NCC(C(=O)O)C1CC1. The van der Waals surface area contributed by atoms with E-state index in [0.29, 0.717) is 12.5 Å². The Morgan fingerprint density at radius 2 is 2.33 bits per heavy atom. The molecule has 0 heterocycles. The van der Waals surface area contributed by atoms with Crippen LogP contribution in [0.4, 0.5) is 0 Å². The van der Waals surface area contributed by atoms with Gasteiger partial charge in [-0.25, -0.2) is 0 Å². The second-order valence-electron chi connectivity index (χ2n) is 2.52. The Labute approximate surface area is 53.9 Å². The Kier molecular flexibility index (Phi) is 1.71. The van der Waals surface area contributed by atoms with Crippen LogP contribution >= 0.6 is 0 Å². The summed E-state index contributed by atoms with van der Waals surface area (Å²) in [4.78, 5) is 10.3. The Hall–Kier alpha value is -0.570. The van der Waals surface area contributed by atoms with Crippen molar-refractivity contribution in [3.05, 3.63) is 0 Å². The minimum Gasteiger partial charge on any atom is -0.481 e. The molecular formula is C6H11NO2. The highest BCUT2D eigenvalue weighted by Crippen LogP contribution is 2.36. The molecule has 1 aliphatic carbocycles. The normalized spacial score (nSPS) is 21.4. The average molecular weight is 129 g/mol. The number of aliphatic carboxylic acids is 1. The summed E-state index contributed by atoms with van der Waals surface area (Å²) >= 11 is 0. The predicted octanol–water partition coefficient (Wildman–Crippen LogP) is 0.0559. The van der Waals surface area contributed by atoms with Crippen molar-refractivity contribution in [2.24, 2.45) is 17.6 Å². The fraction of sp³-hybridized carbons (Fsp3) is 0.833. The Bertz CT molecular complexity index is 120. The Morgan fingerprint density at radius 3 is 2.44 bits per heavy atom. The van der Waals surface area contributed by atoms with Gasteiger partial charge in [-0.15, -0.1) is 0 Å². The van der Waals surface area contributed by atoms with Crippen molar-refractivity contribution in [2.75, 3.05) is 6.54 Å². The molecule has 1 atom stereocenters. The molecule has 3 nitrogen and oxygen atoms in total. The van der Waals surface area contributed by atoms with Gasteiger partial charge in [-0.3, -0.25) is 4.79 Å². The number of nitrogens with two attached hydrogens (primary N) is 1. The van der Waals surface area contributed by atoms with Crippen LogP contribution < -0.4 is 5.73 Å². The van der Waals surface area contributed by atoms with Crippen LogP contribution in [0.1, 0.15) is 12.8 Å². The van der Waals surface area contributed by atoms with Crippen LogP contribution in [0.15, 0.2) is 0 Å². The molecular weight excluding hydrogens is 118 g/mol. The zero-order chi connectivity index (χ0) is 6.85. The minimum absolute atomic E-state index is 0.273. The van der Waals surface area contributed by atoms with Crippen molar-refractivity contribution < 1.29 is 9.90 Å². The van der Waals surface area contributed by atoms with E-state index in [2.05, 4.69) is 0 Å². The molecule has 0 aromatic heterocycles. The van der Waals surface area contributed by atoms with Crippen LogP contribution in [-0.2, 0) is 4.79 Å². The van der Waals surface area contributed by atoms with Gasteiger partial charge in [0.05, 0.1) is 5.92 Å². The Morgan fingerprint density at radius 1 is 1.78 bits per heavy atom. The largest absolute Gasteiger partial charge is 0.481 e. The van der Waals surface area contributed by atoms with E-state index in [9.17, 15) is 4.79 Å². The number of hydrogen-bond donors (Lipinski definition) is 2. The first-order valence-electron chi connectivity index (χ1n) is 3.18. The molecule has 0 aromatic carbocycles. The zero-order valence-corrected chi connectivity index (χ0v) is 5.21. The van der Waals surface area contributed by atoms with E-state index in [1.807, 2.05) is 0 Å². The summed E-state index contributed by atoms with van der Waals surface area (Å²) in [6, 6.07) is 0. The van der Waals surface area contributed by atoms with Gasteiger partial charge < -0.3 is 10.8 Å². The van der Waals surface area contributed by atoms with E-state index in [1.54, 1.807) is 0 Å². The summed E-state index contributed by atoms with van der Waals surface area (Å²) in [5.74, 6) is -0.627. The van der Waals surface area contributed by atoms with Crippen molar-refractivity contribution in [1.29, 1.82) is 0 Å². The molecule has 3 heteroatoms. The zero-order valence-electron chi connectivity index (χ0n) is 5.21.